The van der Waals surface area contributed by atoms with Crippen LogP contribution in [0.5, 0.6) is 0 Å². The molecule has 2 N–H and O–H groups in total. The number of amides is 1. The predicted molar refractivity (Wildman–Crippen MR) is 139 cm³/mol. The van der Waals surface area contributed by atoms with Crippen molar-refractivity contribution in [1.82, 2.24) is 4.90 Å². The maximum absolute atomic E-state index is 13.1. The number of hydrogen-bond acceptors (Lipinski definition) is 4. The molecule has 2 heterocycles. The van der Waals surface area contributed by atoms with Gasteiger partial charge in [0, 0.05) is 37.8 Å². The van der Waals surface area contributed by atoms with Gasteiger partial charge in [-0.15, -0.1) is 23.7 Å². The smallest absolute Gasteiger partial charge is 0.226 e. The number of amidine groups is 1. The van der Waals surface area contributed by atoms with E-state index in [2.05, 4.69) is 51.2 Å². The molecule has 5 nitrogen and oxygen atoms in total. The second-order valence-electron chi connectivity index (χ2n) is 8.51. The molecule has 0 spiro atoms. The molecule has 7 heteroatoms. The summed E-state index contributed by atoms with van der Waals surface area (Å²) in [7, 11) is 0. The third-order valence-electron chi connectivity index (χ3n) is 6.53. The molecule has 3 aromatic rings. The van der Waals surface area contributed by atoms with Crippen molar-refractivity contribution in [3.05, 3.63) is 82.0 Å². The minimum Gasteiger partial charge on any atom is -0.383 e. The lowest BCUT2D eigenvalue weighted by Crippen LogP contribution is -2.51. The molecule has 1 saturated heterocycles. The summed E-state index contributed by atoms with van der Waals surface area (Å²) in [6, 6.07) is 20.7. The van der Waals surface area contributed by atoms with Gasteiger partial charge in [0.25, 0.3) is 0 Å². The number of carbonyl (C=O) groups is 1. The van der Waals surface area contributed by atoms with Crippen LogP contribution < -0.4 is 10.6 Å². The monoisotopic (exact) mass is 480 g/mol. The van der Waals surface area contributed by atoms with Crippen LogP contribution in [0.25, 0.3) is 0 Å². The van der Waals surface area contributed by atoms with Gasteiger partial charge in [-0.1, -0.05) is 30.3 Å². The number of carbonyl (C=O) groups excluding carboxylic acids is 1. The average Bonchev–Trinajstić information content (AvgIpc) is 3.39. The van der Waals surface area contributed by atoms with E-state index in [9.17, 15) is 4.79 Å². The van der Waals surface area contributed by atoms with E-state index in [0.717, 1.165) is 61.7 Å². The van der Waals surface area contributed by atoms with E-state index in [-0.39, 0.29) is 18.3 Å². The molecule has 33 heavy (non-hydrogen) atoms. The molecule has 1 atom stereocenters. The van der Waals surface area contributed by atoms with Crippen molar-refractivity contribution in [2.75, 3.05) is 31.1 Å². The fourth-order valence-electron chi connectivity index (χ4n) is 4.71. The summed E-state index contributed by atoms with van der Waals surface area (Å²) in [5.41, 5.74) is 10.9. The van der Waals surface area contributed by atoms with Gasteiger partial charge in [-0.25, -0.2) is 4.99 Å². The number of nitrogens with zero attached hydrogens (tertiary/aromatic N) is 3. The third-order valence-corrected chi connectivity index (χ3v) is 7.42. The zero-order valence-electron chi connectivity index (χ0n) is 18.5. The highest BCUT2D eigenvalue weighted by Gasteiger charge is 2.30. The Bertz CT molecular complexity index is 1110. The Morgan fingerprint density at radius 3 is 2.36 bits per heavy atom. The topological polar surface area (TPSA) is 61.9 Å². The predicted octanol–water partition coefficient (Wildman–Crippen LogP) is 4.66. The Kier molecular flexibility index (Phi) is 7.36. The Balaban J connectivity index is 0.00000259. The van der Waals surface area contributed by atoms with E-state index >= 15 is 0 Å². The largest absolute Gasteiger partial charge is 0.383 e. The van der Waals surface area contributed by atoms with Crippen molar-refractivity contribution in [3.63, 3.8) is 0 Å². The van der Waals surface area contributed by atoms with E-state index in [0.29, 0.717) is 11.7 Å². The Morgan fingerprint density at radius 1 is 0.939 bits per heavy atom. The highest BCUT2D eigenvalue weighted by atomic mass is 35.5. The summed E-state index contributed by atoms with van der Waals surface area (Å²) >= 11 is 1.59. The minimum atomic E-state index is 0. The Hall–Kier alpha value is -2.83. The lowest BCUT2D eigenvalue weighted by Gasteiger charge is -2.38. The van der Waals surface area contributed by atoms with Crippen LogP contribution in [0, 0.1) is 5.92 Å². The van der Waals surface area contributed by atoms with Crippen molar-refractivity contribution >= 4 is 46.9 Å². The van der Waals surface area contributed by atoms with Gasteiger partial charge in [-0.3, -0.25) is 4.79 Å². The molecule has 2 aliphatic rings. The molecule has 2 aromatic carbocycles. The number of benzene rings is 2. The van der Waals surface area contributed by atoms with Crippen LogP contribution in [0.2, 0.25) is 0 Å². The fourth-order valence-corrected chi connectivity index (χ4v) is 5.34. The zero-order valence-corrected chi connectivity index (χ0v) is 20.2. The molecule has 0 bridgehead atoms. The maximum atomic E-state index is 13.1. The van der Waals surface area contributed by atoms with Crippen LogP contribution in [0.1, 0.15) is 22.4 Å². The molecular formula is C26H29ClN4OS. The normalized spacial score (nSPS) is 18.4. The fraction of sp³-hybridized carbons (Fsp3) is 0.308. The summed E-state index contributed by atoms with van der Waals surface area (Å²) in [5, 5.41) is 2.00. The van der Waals surface area contributed by atoms with Gasteiger partial charge in [0.1, 0.15) is 5.84 Å². The highest BCUT2D eigenvalue weighted by molar-refractivity contribution is 7.12. The Morgan fingerprint density at radius 2 is 1.67 bits per heavy atom. The van der Waals surface area contributed by atoms with Gasteiger partial charge in [-0.2, -0.15) is 0 Å². The Labute approximate surface area is 205 Å². The van der Waals surface area contributed by atoms with Gasteiger partial charge in [0.2, 0.25) is 5.91 Å². The SMILES string of the molecule is Cl.N/C(=N\c1ccc(N2CCN(C(=O)C3CCc4ccccc4C3)CC2)cc1)c1cccs1. The first-order chi connectivity index (χ1) is 15.7. The van der Waals surface area contributed by atoms with Crippen molar-refractivity contribution in [2.45, 2.75) is 19.3 Å². The van der Waals surface area contributed by atoms with Crippen LogP contribution in [0.15, 0.2) is 71.0 Å². The molecule has 1 unspecified atom stereocenters. The molecule has 1 aliphatic heterocycles. The van der Waals surface area contributed by atoms with Crippen LogP contribution in [-0.4, -0.2) is 42.8 Å². The number of rotatable bonds is 4. The number of fused-ring (bicyclic) bond motifs is 1. The molecular weight excluding hydrogens is 452 g/mol. The third kappa shape index (κ3) is 5.23. The number of aryl methyl sites for hydroxylation is 1. The van der Waals surface area contributed by atoms with Crippen LogP contribution in [-0.2, 0) is 17.6 Å². The minimum absolute atomic E-state index is 0. The summed E-state index contributed by atoms with van der Waals surface area (Å²) in [4.78, 5) is 23.0. The lowest BCUT2D eigenvalue weighted by atomic mass is 9.83. The van der Waals surface area contributed by atoms with Gasteiger partial charge < -0.3 is 15.5 Å². The maximum Gasteiger partial charge on any atom is 0.226 e. The van der Waals surface area contributed by atoms with Gasteiger partial charge in [0.15, 0.2) is 0 Å². The number of aliphatic imine (C=N–C) groups is 1. The van der Waals surface area contributed by atoms with Gasteiger partial charge in [-0.05, 0) is 66.1 Å². The first kappa shape index (κ1) is 23.3. The van der Waals surface area contributed by atoms with E-state index in [1.165, 1.54) is 11.1 Å². The number of hydrogen-bond donors (Lipinski definition) is 1. The molecule has 172 valence electrons. The summed E-state index contributed by atoms with van der Waals surface area (Å²) in [5.74, 6) is 1.00. The van der Waals surface area contributed by atoms with E-state index < -0.39 is 0 Å². The quantitative estimate of drug-likeness (QED) is 0.436. The van der Waals surface area contributed by atoms with Crippen molar-refractivity contribution in [3.8, 4) is 0 Å². The second-order valence-corrected chi connectivity index (χ2v) is 9.46. The number of anilines is 1. The molecule has 1 fully saturated rings. The standard InChI is InChI=1S/C26H28N4OS.ClH/c27-25(24-6-3-17-32-24)28-22-9-11-23(12-10-22)29-13-15-30(16-14-29)26(31)21-8-7-19-4-1-2-5-20(19)18-21;/h1-6,9-12,17,21H,7-8,13-16,18H2,(H2,27,28);1H. The summed E-state index contributed by atoms with van der Waals surface area (Å²) < 4.78 is 0. The van der Waals surface area contributed by atoms with E-state index in [1.54, 1.807) is 11.3 Å². The van der Waals surface area contributed by atoms with Crippen molar-refractivity contribution in [1.29, 1.82) is 0 Å². The molecule has 1 amide bonds. The van der Waals surface area contributed by atoms with E-state index in [4.69, 9.17) is 5.73 Å². The number of thiophene rings is 1. The van der Waals surface area contributed by atoms with Crippen molar-refractivity contribution in [2.24, 2.45) is 16.6 Å². The number of halogens is 1. The van der Waals surface area contributed by atoms with Crippen LogP contribution in [0.4, 0.5) is 11.4 Å². The number of piperazine rings is 1. The first-order valence-electron chi connectivity index (χ1n) is 11.3. The van der Waals surface area contributed by atoms with Gasteiger partial charge in [0.05, 0.1) is 10.6 Å². The molecule has 1 aliphatic carbocycles. The van der Waals surface area contributed by atoms with Crippen molar-refractivity contribution < 1.29 is 4.79 Å². The van der Waals surface area contributed by atoms with E-state index in [1.807, 2.05) is 29.6 Å². The van der Waals surface area contributed by atoms with Gasteiger partial charge >= 0.3 is 0 Å². The lowest BCUT2D eigenvalue weighted by molar-refractivity contribution is -0.136. The number of nitrogens with two attached hydrogens (primary N) is 1. The van der Waals surface area contributed by atoms with Crippen LogP contribution in [0.3, 0.4) is 0 Å². The molecule has 5 rings (SSSR count). The zero-order chi connectivity index (χ0) is 21.9. The molecule has 1 aromatic heterocycles. The second kappa shape index (κ2) is 10.4. The molecule has 0 saturated carbocycles. The average molecular weight is 481 g/mol. The molecule has 0 radical (unpaired) electrons. The first-order valence-corrected chi connectivity index (χ1v) is 12.1. The van der Waals surface area contributed by atoms with Crippen LogP contribution >= 0.6 is 23.7 Å². The highest BCUT2D eigenvalue weighted by Crippen LogP contribution is 2.28. The summed E-state index contributed by atoms with van der Waals surface area (Å²) in [6.07, 6.45) is 2.86. The summed E-state index contributed by atoms with van der Waals surface area (Å²) in [6.45, 7) is 3.27.